The molecule has 2 aromatic heterocycles. The van der Waals surface area contributed by atoms with Crippen LogP contribution in [-0.2, 0) is 19.4 Å². The summed E-state index contributed by atoms with van der Waals surface area (Å²) in [6.45, 7) is 3.88. The van der Waals surface area contributed by atoms with Crippen molar-refractivity contribution in [3.05, 3.63) is 87.8 Å². The van der Waals surface area contributed by atoms with Gasteiger partial charge in [-0.3, -0.25) is 0 Å². The molecule has 1 N–H and O–H groups in total. The number of benzene rings is 2. The zero-order chi connectivity index (χ0) is 23.7. The van der Waals surface area contributed by atoms with E-state index in [1.54, 1.807) is 0 Å². The van der Waals surface area contributed by atoms with Crippen LogP contribution in [0, 0.1) is 0 Å². The normalized spacial score (nSPS) is 15.8. The molecule has 34 heavy (non-hydrogen) atoms. The summed E-state index contributed by atoms with van der Waals surface area (Å²) in [5.74, 6) is -0.374. The van der Waals surface area contributed by atoms with Gasteiger partial charge < -0.3 is 14.6 Å². The fourth-order valence-corrected chi connectivity index (χ4v) is 5.43. The molecule has 0 spiro atoms. The Hall–Kier alpha value is -3.19. The van der Waals surface area contributed by atoms with Gasteiger partial charge in [-0.1, -0.05) is 46.3 Å². The summed E-state index contributed by atoms with van der Waals surface area (Å²) in [4.78, 5) is 23.4. The maximum absolute atomic E-state index is 11.9. The summed E-state index contributed by atoms with van der Waals surface area (Å²) in [6.07, 6.45) is 6.99. The number of aryl methyl sites for hydroxylation is 3. The molecule has 0 bridgehead atoms. The van der Waals surface area contributed by atoms with Crippen molar-refractivity contribution in [2.45, 2.75) is 45.2 Å². The minimum atomic E-state index is -0.984. The lowest BCUT2D eigenvalue weighted by Crippen LogP contribution is -2.25. The number of carboxylic acids is 1. The second-order valence-corrected chi connectivity index (χ2v) is 9.62. The van der Waals surface area contributed by atoms with Gasteiger partial charge in [0, 0.05) is 40.9 Å². The van der Waals surface area contributed by atoms with Crippen molar-refractivity contribution in [3.8, 4) is 0 Å². The van der Waals surface area contributed by atoms with Gasteiger partial charge in [0.15, 0.2) is 0 Å². The molecule has 0 radical (unpaired) electrons. The Kier molecular flexibility index (Phi) is 6.37. The summed E-state index contributed by atoms with van der Waals surface area (Å²) in [5, 5.41) is 11.0. The second kappa shape index (κ2) is 9.58. The Labute approximate surface area is 207 Å². The van der Waals surface area contributed by atoms with Gasteiger partial charge in [0.25, 0.3) is 0 Å². The second-order valence-electron chi connectivity index (χ2n) is 8.70. The van der Waals surface area contributed by atoms with Crippen LogP contribution in [-0.4, -0.2) is 32.2 Å². The molecule has 0 amide bonds. The van der Waals surface area contributed by atoms with Gasteiger partial charge in [-0.2, -0.15) is 0 Å². The number of para-hydroxylation sites is 1. The van der Waals surface area contributed by atoms with Crippen molar-refractivity contribution in [1.82, 2.24) is 14.5 Å². The van der Waals surface area contributed by atoms with Crippen molar-refractivity contribution in [2.75, 3.05) is 11.4 Å². The highest BCUT2D eigenvalue weighted by Crippen LogP contribution is 2.35. The number of aromatic carboxylic acids is 1. The van der Waals surface area contributed by atoms with Gasteiger partial charge in [-0.15, -0.1) is 0 Å². The first-order chi connectivity index (χ1) is 16.5. The molecule has 0 aliphatic carbocycles. The van der Waals surface area contributed by atoms with E-state index < -0.39 is 5.97 Å². The van der Waals surface area contributed by atoms with Crippen LogP contribution in [0.3, 0.4) is 0 Å². The monoisotopic (exact) mass is 518 g/mol. The minimum Gasteiger partial charge on any atom is -0.478 e. The SMILES string of the molecule is CCn1cc(CCc2nc(N3CCC[C@H]3c3cccc(Br)c3)ncc2C(=O)O)c2ccccc21. The van der Waals surface area contributed by atoms with Crippen LogP contribution in [0.2, 0.25) is 0 Å². The maximum Gasteiger partial charge on any atom is 0.339 e. The number of carbonyl (C=O) groups is 1. The molecular formula is C27H27BrN4O2. The highest BCUT2D eigenvalue weighted by molar-refractivity contribution is 9.10. The predicted molar refractivity (Wildman–Crippen MR) is 137 cm³/mol. The Morgan fingerprint density at radius 3 is 2.82 bits per heavy atom. The van der Waals surface area contributed by atoms with Crippen molar-refractivity contribution in [3.63, 3.8) is 0 Å². The topological polar surface area (TPSA) is 71.2 Å². The lowest BCUT2D eigenvalue weighted by molar-refractivity contribution is 0.0694. The average molecular weight is 519 g/mol. The Morgan fingerprint density at radius 2 is 2.03 bits per heavy atom. The highest BCUT2D eigenvalue weighted by Gasteiger charge is 2.29. The molecule has 6 nitrogen and oxygen atoms in total. The van der Waals surface area contributed by atoms with Crippen molar-refractivity contribution < 1.29 is 9.90 Å². The number of aromatic nitrogens is 3. The van der Waals surface area contributed by atoms with E-state index in [1.165, 1.54) is 28.2 Å². The van der Waals surface area contributed by atoms with E-state index >= 15 is 0 Å². The van der Waals surface area contributed by atoms with Gasteiger partial charge in [-0.25, -0.2) is 14.8 Å². The van der Waals surface area contributed by atoms with E-state index in [-0.39, 0.29) is 11.6 Å². The largest absolute Gasteiger partial charge is 0.478 e. The number of nitrogens with zero attached hydrogens (tertiary/aromatic N) is 4. The molecule has 1 aliphatic heterocycles. The highest BCUT2D eigenvalue weighted by atomic mass is 79.9. The van der Waals surface area contributed by atoms with Gasteiger partial charge in [-0.05, 0) is 61.9 Å². The first kappa shape index (κ1) is 22.6. The van der Waals surface area contributed by atoms with Gasteiger partial charge in [0.05, 0.1) is 17.3 Å². The lowest BCUT2D eigenvalue weighted by atomic mass is 10.0. The first-order valence-electron chi connectivity index (χ1n) is 11.7. The van der Waals surface area contributed by atoms with E-state index in [2.05, 4.69) is 73.8 Å². The maximum atomic E-state index is 11.9. The number of fused-ring (bicyclic) bond motifs is 1. The Morgan fingerprint density at radius 1 is 1.18 bits per heavy atom. The van der Waals surface area contributed by atoms with E-state index in [0.717, 1.165) is 36.8 Å². The van der Waals surface area contributed by atoms with E-state index in [4.69, 9.17) is 4.98 Å². The Bertz CT molecular complexity index is 1350. The van der Waals surface area contributed by atoms with Crippen LogP contribution in [0.1, 0.15) is 53.0 Å². The third-order valence-electron chi connectivity index (χ3n) is 6.67. The summed E-state index contributed by atoms with van der Waals surface area (Å²) >= 11 is 3.57. The zero-order valence-electron chi connectivity index (χ0n) is 19.1. The standard InChI is InChI=1S/C27H27BrN4O2/c1-2-31-17-19(21-9-3-4-10-25(21)31)12-13-23-22(26(33)34)16-29-27(30-23)32-14-6-11-24(32)18-7-5-8-20(28)15-18/h3-5,7-10,15-17,24H,2,6,11-14H2,1H3,(H,33,34)/t24-/m0/s1. The third-order valence-corrected chi connectivity index (χ3v) is 7.16. The van der Waals surface area contributed by atoms with Crippen LogP contribution in [0.5, 0.6) is 0 Å². The van der Waals surface area contributed by atoms with Crippen LogP contribution < -0.4 is 4.90 Å². The fourth-order valence-electron chi connectivity index (χ4n) is 5.02. The minimum absolute atomic E-state index is 0.182. The van der Waals surface area contributed by atoms with E-state index in [9.17, 15) is 9.90 Å². The molecule has 2 aromatic carbocycles. The summed E-state index contributed by atoms with van der Waals surface area (Å²) < 4.78 is 3.28. The van der Waals surface area contributed by atoms with Crippen LogP contribution in [0.4, 0.5) is 5.95 Å². The summed E-state index contributed by atoms with van der Waals surface area (Å²) in [7, 11) is 0. The van der Waals surface area contributed by atoms with E-state index in [1.807, 2.05) is 18.2 Å². The zero-order valence-corrected chi connectivity index (χ0v) is 20.7. The lowest BCUT2D eigenvalue weighted by Gasteiger charge is -2.25. The van der Waals surface area contributed by atoms with Gasteiger partial charge in [0.1, 0.15) is 0 Å². The van der Waals surface area contributed by atoms with E-state index in [0.29, 0.717) is 18.1 Å². The quantitative estimate of drug-likeness (QED) is 0.323. The molecule has 0 saturated carbocycles. The predicted octanol–water partition coefficient (Wildman–Crippen LogP) is 6.04. The molecule has 1 fully saturated rings. The number of hydrogen-bond acceptors (Lipinski definition) is 4. The number of carboxylic acid groups (broad SMARTS) is 1. The first-order valence-corrected chi connectivity index (χ1v) is 12.5. The molecule has 1 saturated heterocycles. The molecule has 174 valence electrons. The molecule has 1 atom stereocenters. The van der Waals surface area contributed by atoms with Crippen LogP contribution >= 0.6 is 15.9 Å². The number of hydrogen-bond donors (Lipinski definition) is 1. The molecule has 5 rings (SSSR count). The molecule has 0 unspecified atom stereocenters. The summed E-state index contributed by atoms with van der Waals surface area (Å²) in [5.41, 5.74) is 4.40. The molecule has 7 heteroatoms. The molecule has 4 aromatic rings. The fraction of sp³-hybridized carbons (Fsp3) is 0.296. The van der Waals surface area contributed by atoms with Crippen LogP contribution in [0.25, 0.3) is 10.9 Å². The van der Waals surface area contributed by atoms with Crippen molar-refractivity contribution in [1.29, 1.82) is 0 Å². The average Bonchev–Trinajstić information content (AvgIpc) is 3.48. The summed E-state index contributed by atoms with van der Waals surface area (Å²) in [6, 6.07) is 16.9. The van der Waals surface area contributed by atoms with Crippen molar-refractivity contribution in [2.24, 2.45) is 0 Å². The molecule has 3 heterocycles. The number of rotatable bonds is 7. The molecular weight excluding hydrogens is 492 g/mol. The van der Waals surface area contributed by atoms with Gasteiger partial charge >= 0.3 is 5.97 Å². The smallest absolute Gasteiger partial charge is 0.339 e. The third kappa shape index (κ3) is 4.32. The van der Waals surface area contributed by atoms with Gasteiger partial charge in [0.2, 0.25) is 5.95 Å². The Balaban J connectivity index is 1.45. The number of anilines is 1. The molecule has 1 aliphatic rings. The van der Waals surface area contributed by atoms with Crippen LogP contribution in [0.15, 0.2) is 65.4 Å². The van der Waals surface area contributed by atoms with Crippen molar-refractivity contribution >= 4 is 38.8 Å². The number of halogens is 1.